The molecule has 4 heteroatoms. The number of nitrogens with one attached hydrogen (secondary N) is 2. The maximum atomic E-state index is 12.2. The first-order valence-corrected chi connectivity index (χ1v) is 7.41. The van der Waals surface area contributed by atoms with E-state index in [2.05, 4.69) is 10.6 Å². The molecular weight excluding hydrogens is 252 g/mol. The van der Waals surface area contributed by atoms with Crippen molar-refractivity contribution in [2.24, 2.45) is 11.3 Å². The van der Waals surface area contributed by atoms with E-state index in [4.69, 9.17) is 5.11 Å². The van der Waals surface area contributed by atoms with E-state index in [1.165, 1.54) is 0 Å². The molecule has 1 aromatic carbocycles. The van der Waals surface area contributed by atoms with Crippen LogP contribution in [0.1, 0.15) is 30.4 Å². The first-order valence-electron chi connectivity index (χ1n) is 7.41. The van der Waals surface area contributed by atoms with Crippen molar-refractivity contribution in [2.45, 2.75) is 32.4 Å². The molecular formula is C16H22N2O2. The van der Waals surface area contributed by atoms with Crippen molar-refractivity contribution in [3.63, 3.8) is 0 Å². The van der Waals surface area contributed by atoms with Gasteiger partial charge in [0.1, 0.15) is 0 Å². The summed E-state index contributed by atoms with van der Waals surface area (Å²) >= 11 is 0. The SMILES string of the molecule is O=C(NCc1cccc(CO)c1)C1CC12CCNCC2. The maximum Gasteiger partial charge on any atom is 0.223 e. The first-order chi connectivity index (χ1) is 9.73. The number of rotatable bonds is 4. The Hall–Kier alpha value is -1.39. The third-order valence-electron chi connectivity index (χ3n) is 4.75. The van der Waals surface area contributed by atoms with Crippen molar-refractivity contribution in [1.29, 1.82) is 0 Å². The van der Waals surface area contributed by atoms with Gasteiger partial charge in [-0.05, 0) is 48.9 Å². The second kappa shape index (κ2) is 5.54. The van der Waals surface area contributed by atoms with E-state index in [9.17, 15) is 4.79 Å². The second-order valence-corrected chi connectivity index (χ2v) is 6.06. The van der Waals surface area contributed by atoms with Crippen molar-refractivity contribution in [3.8, 4) is 0 Å². The van der Waals surface area contributed by atoms with Gasteiger partial charge in [0, 0.05) is 12.5 Å². The minimum atomic E-state index is 0.0422. The van der Waals surface area contributed by atoms with Gasteiger partial charge in [-0.1, -0.05) is 24.3 Å². The number of hydrogen-bond donors (Lipinski definition) is 3. The molecule has 0 bridgehead atoms. The molecule has 2 fully saturated rings. The molecule has 1 heterocycles. The van der Waals surface area contributed by atoms with Crippen LogP contribution in [0.3, 0.4) is 0 Å². The third kappa shape index (κ3) is 2.72. The predicted octanol–water partition coefficient (Wildman–Crippen LogP) is 1.18. The van der Waals surface area contributed by atoms with Gasteiger partial charge >= 0.3 is 0 Å². The Morgan fingerprint density at radius 1 is 1.35 bits per heavy atom. The van der Waals surface area contributed by atoms with Crippen LogP contribution < -0.4 is 10.6 Å². The molecule has 1 amide bonds. The fourth-order valence-corrected chi connectivity index (χ4v) is 3.35. The van der Waals surface area contributed by atoms with Gasteiger partial charge in [0.05, 0.1) is 6.61 Å². The normalized spacial score (nSPS) is 23.6. The van der Waals surface area contributed by atoms with Crippen LogP contribution in [0.15, 0.2) is 24.3 Å². The Balaban J connectivity index is 1.52. The zero-order valence-electron chi connectivity index (χ0n) is 11.7. The van der Waals surface area contributed by atoms with Crippen LogP contribution in [-0.4, -0.2) is 24.1 Å². The van der Waals surface area contributed by atoms with Gasteiger partial charge in [-0.2, -0.15) is 0 Å². The van der Waals surface area contributed by atoms with Crippen molar-refractivity contribution < 1.29 is 9.90 Å². The number of benzene rings is 1. The average Bonchev–Trinajstić information content (AvgIpc) is 3.19. The van der Waals surface area contributed by atoms with Crippen molar-refractivity contribution in [2.75, 3.05) is 13.1 Å². The molecule has 4 nitrogen and oxygen atoms in total. The highest BCUT2D eigenvalue weighted by molar-refractivity contribution is 5.82. The molecule has 1 aliphatic carbocycles. The van der Waals surface area contributed by atoms with Gasteiger partial charge in [0.25, 0.3) is 0 Å². The smallest absolute Gasteiger partial charge is 0.223 e. The molecule has 1 unspecified atom stereocenters. The molecule has 1 aliphatic heterocycles. The van der Waals surface area contributed by atoms with E-state index in [0.717, 1.165) is 43.5 Å². The predicted molar refractivity (Wildman–Crippen MR) is 76.9 cm³/mol. The van der Waals surface area contributed by atoms with Crippen LogP contribution in [0.2, 0.25) is 0 Å². The summed E-state index contributed by atoms with van der Waals surface area (Å²) in [5, 5.41) is 15.5. The molecule has 1 saturated heterocycles. The van der Waals surface area contributed by atoms with E-state index in [-0.39, 0.29) is 18.4 Å². The average molecular weight is 274 g/mol. The highest BCUT2D eigenvalue weighted by atomic mass is 16.3. The number of carbonyl (C=O) groups excluding carboxylic acids is 1. The molecule has 0 radical (unpaired) electrons. The van der Waals surface area contributed by atoms with Gasteiger partial charge in [0.2, 0.25) is 5.91 Å². The Morgan fingerprint density at radius 2 is 2.10 bits per heavy atom. The molecule has 1 saturated carbocycles. The molecule has 1 atom stereocenters. The van der Waals surface area contributed by atoms with Crippen LogP contribution in [0.25, 0.3) is 0 Å². The van der Waals surface area contributed by atoms with Crippen LogP contribution in [-0.2, 0) is 17.9 Å². The number of hydrogen-bond acceptors (Lipinski definition) is 3. The van der Waals surface area contributed by atoms with Gasteiger partial charge in [-0.25, -0.2) is 0 Å². The quantitative estimate of drug-likeness (QED) is 0.773. The van der Waals surface area contributed by atoms with E-state index in [0.29, 0.717) is 12.0 Å². The summed E-state index contributed by atoms with van der Waals surface area (Å²) in [4.78, 5) is 12.2. The monoisotopic (exact) mass is 274 g/mol. The zero-order valence-corrected chi connectivity index (χ0v) is 11.7. The summed E-state index contributed by atoms with van der Waals surface area (Å²) in [5.74, 6) is 0.409. The Morgan fingerprint density at radius 3 is 2.85 bits per heavy atom. The first kappa shape index (κ1) is 13.6. The number of amides is 1. The van der Waals surface area contributed by atoms with Crippen molar-refractivity contribution in [1.82, 2.24) is 10.6 Å². The Bertz CT molecular complexity index is 495. The molecule has 20 heavy (non-hydrogen) atoms. The minimum absolute atomic E-state index is 0.0422. The largest absolute Gasteiger partial charge is 0.392 e. The lowest BCUT2D eigenvalue weighted by Crippen LogP contribution is -2.33. The number of piperidine rings is 1. The van der Waals surface area contributed by atoms with Crippen molar-refractivity contribution in [3.05, 3.63) is 35.4 Å². The zero-order chi connectivity index (χ0) is 14.0. The fourth-order valence-electron chi connectivity index (χ4n) is 3.35. The summed E-state index contributed by atoms with van der Waals surface area (Å²) in [6.45, 7) is 2.68. The summed E-state index contributed by atoms with van der Waals surface area (Å²) in [7, 11) is 0. The second-order valence-electron chi connectivity index (χ2n) is 6.06. The molecule has 2 aliphatic rings. The maximum absolute atomic E-state index is 12.2. The van der Waals surface area contributed by atoms with Crippen LogP contribution in [0.5, 0.6) is 0 Å². The highest BCUT2D eigenvalue weighted by Crippen LogP contribution is 2.58. The number of aliphatic hydroxyl groups excluding tert-OH is 1. The summed E-state index contributed by atoms with van der Waals surface area (Å²) < 4.78 is 0. The third-order valence-corrected chi connectivity index (χ3v) is 4.75. The van der Waals surface area contributed by atoms with E-state index < -0.39 is 0 Å². The molecule has 3 N–H and O–H groups in total. The van der Waals surface area contributed by atoms with Gasteiger partial charge in [-0.3, -0.25) is 4.79 Å². The lowest BCUT2D eigenvalue weighted by molar-refractivity contribution is -0.123. The summed E-state index contributed by atoms with van der Waals surface area (Å²) in [6.07, 6.45) is 3.31. The van der Waals surface area contributed by atoms with Gasteiger partial charge in [0.15, 0.2) is 0 Å². The Labute approximate surface area is 119 Å². The van der Waals surface area contributed by atoms with E-state index in [1.807, 2.05) is 24.3 Å². The highest BCUT2D eigenvalue weighted by Gasteiger charge is 2.57. The summed E-state index contributed by atoms with van der Waals surface area (Å²) in [6, 6.07) is 7.72. The topological polar surface area (TPSA) is 61.4 Å². The lowest BCUT2D eigenvalue weighted by atomic mass is 9.92. The van der Waals surface area contributed by atoms with Crippen LogP contribution in [0, 0.1) is 11.3 Å². The fraction of sp³-hybridized carbons (Fsp3) is 0.562. The minimum Gasteiger partial charge on any atom is -0.392 e. The number of aliphatic hydroxyl groups is 1. The molecule has 1 aromatic rings. The summed E-state index contributed by atoms with van der Waals surface area (Å²) in [5.41, 5.74) is 2.23. The van der Waals surface area contributed by atoms with E-state index in [1.54, 1.807) is 0 Å². The van der Waals surface area contributed by atoms with E-state index >= 15 is 0 Å². The Kier molecular flexibility index (Phi) is 3.76. The molecule has 3 rings (SSSR count). The van der Waals surface area contributed by atoms with Gasteiger partial charge in [-0.15, -0.1) is 0 Å². The number of carbonyl (C=O) groups is 1. The standard InChI is InChI=1S/C16H22N2O2/c19-11-13-3-1-2-12(8-13)10-18-15(20)14-9-16(14)4-6-17-7-5-16/h1-3,8,14,17,19H,4-7,9-11H2,(H,18,20). The van der Waals surface area contributed by atoms with Gasteiger partial charge < -0.3 is 15.7 Å². The van der Waals surface area contributed by atoms with Crippen LogP contribution in [0.4, 0.5) is 0 Å². The van der Waals surface area contributed by atoms with Crippen LogP contribution >= 0.6 is 0 Å². The lowest BCUT2D eigenvalue weighted by Gasteiger charge is -2.23. The molecule has 0 aromatic heterocycles. The molecule has 108 valence electrons. The molecule has 1 spiro atoms. The van der Waals surface area contributed by atoms with Crippen molar-refractivity contribution >= 4 is 5.91 Å².